The Morgan fingerprint density at radius 1 is 1.75 bits per heavy atom. The first-order valence-corrected chi connectivity index (χ1v) is 3.13. The molecule has 0 aliphatic carbocycles. The van der Waals surface area contributed by atoms with Gasteiger partial charge in [0, 0.05) is 12.4 Å². The Labute approximate surface area is 50.1 Å². The van der Waals surface area contributed by atoms with Gasteiger partial charge in [0.25, 0.3) is 0 Å². The molecule has 0 unspecified atom stereocenters. The lowest BCUT2D eigenvalue weighted by Crippen LogP contribution is -1.87. The molecule has 0 N–H and O–H groups in total. The van der Waals surface area contributed by atoms with E-state index in [1.54, 1.807) is 0 Å². The molecule has 0 aromatic rings. The average Bonchev–Trinajstić information content (AvgIpc) is 1.90. The molecule has 1 heteroatoms. The van der Waals surface area contributed by atoms with Crippen molar-refractivity contribution in [1.29, 1.82) is 0 Å². The Balaban J connectivity index is 2.50. The Morgan fingerprint density at radius 3 is 3.00 bits per heavy atom. The summed E-state index contributed by atoms with van der Waals surface area (Å²) in [4.78, 5) is 4.04. The van der Waals surface area contributed by atoms with Crippen LogP contribution in [-0.4, -0.2) is 6.21 Å². The molecule has 0 atom stereocenters. The van der Waals surface area contributed by atoms with E-state index in [2.05, 4.69) is 11.9 Å². The molecule has 0 saturated carbocycles. The molecule has 0 bridgehead atoms. The van der Waals surface area contributed by atoms with Gasteiger partial charge in [-0.15, -0.1) is 0 Å². The van der Waals surface area contributed by atoms with Gasteiger partial charge in [-0.2, -0.15) is 0 Å². The van der Waals surface area contributed by atoms with Crippen LogP contribution in [0.2, 0.25) is 0 Å². The van der Waals surface area contributed by atoms with Crippen LogP contribution in [0.4, 0.5) is 0 Å². The molecule has 1 nitrogen and oxygen atoms in total. The summed E-state index contributed by atoms with van der Waals surface area (Å²) in [6, 6.07) is 0. The molecule has 1 heterocycles. The molecule has 1 aliphatic rings. The minimum absolute atomic E-state index is 1.14. The van der Waals surface area contributed by atoms with E-state index in [9.17, 15) is 0 Å². The van der Waals surface area contributed by atoms with Gasteiger partial charge in [0.2, 0.25) is 0 Å². The molecule has 1 aliphatic heterocycles. The fourth-order valence-electron chi connectivity index (χ4n) is 0.815. The second-order valence-electron chi connectivity index (χ2n) is 2.01. The highest BCUT2D eigenvalue weighted by Gasteiger charge is 1.94. The van der Waals surface area contributed by atoms with Crippen LogP contribution in [-0.2, 0) is 0 Å². The van der Waals surface area contributed by atoms with Crippen molar-refractivity contribution < 1.29 is 0 Å². The molecule has 0 radical (unpaired) electrons. The molecule has 0 spiro atoms. The third-order valence-corrected chi connectivity index (χ3v) is 1.41. The van der Waals surface area contributed by atoms with Crippen molar-refractivity contribution in [2.75, 3.05) is 0 Å². The van der Waals surface area contributed by atoms with E-state index >= 15 is 0 Å². The van der Waals surface area contributed by atoms with E-state index < -0.39 is 0 Å². The molecule has 44 valence electrons. The number of rotatable bonds is 1. The number of nitrogens with zero attached hydrogens (tertiary/aromatic N) is 1. The highest BCUT2D eigenvalue weighted by atomic mass is 14.7. The summed E-state index contributed by atoms with van der Waals surface area (Å²) in [5.74, 6) is 0. The van der Waals surface area contributed by atoms with E-state index in [1.165, 1.54) is 12.0 Å². The number of hydrogen-bond acceptors (Lipinski definition) is 1. The van der Waals surface area contributed by atoms with Crippen LogP contribution in [0, 0.1) is 0 Å². The van der Waals surface area contributed by atoms with Gasteiger partial charge >= 0.3 is 0 Å². The second kappa shape index (κ2) is 2.65. The van der Waals surface area contributed by atoms with Gasteiger partial charge in [-0.05, 0) is 19.3 Å². The Hall–Kier alpha value is -0.590. The summed E-state index contributed by atoms with van der Waals surface area (Å²) in [5, 5.41) is 0. The lowest BCUT2D eigenvalue weighted by atomic mass is 10.1. The van der Waals surface area contributed by atoms with Crippen LogP contribution < -0.4 is 0 Å². The van der Waals surface area contributed by atoms with Crippen LogP contribution in [0.5, 0.6) is 0 Å². The van der Waals surface area contributed by atoms with E-state index in [0.29, 0.717) is 0 Å². The van der Waals surface area contributed by atoms with E-state index in [4.69, 9.17) is 0 Å². The Kier molecular flexibility index (Phi) is 1.84. The van der Waals surface area contributed by atoms with Crippen LogP contribution in [0.1, 0.15) is 26.2 Å². The number of allylic oxidation sites excluding steroid dienone is 1. The smallest absolute Gasteiger partial charge is 0.0255 e. The lowest BCUT2D eigenvalue weighted by Gasteiger charge is -2.02. The number of hydrogen-bond donors (Lipinski definition) is 0. The maximum atomic E-state index is 4.04. The van der Waals surface area contributed by atoms with Crippen LogP contribution in [0.3, 0.4) is 0 Å². The lowest BCUT2D eigenvalue weighted by molar-refractivity contribution is 0.914. The summed E-state index contributed by atoms with van der Waals surface area (Å²) in [5.41, 5.74) is 1.48. The zero-order valence-electron chi connectivity index (χ0n) is 5.22. The van der Waals surface area contributed by atoms with Gasteiger partial charge in [0.15, 0.2) is 0 Å². The van der Waals surface area contributed by atoms with E-state index in [-0.39, 0.29) is 0 Å². The topological polar surface area (TPSA) is 12.4 Å². The van der Waals surface area contributed by atoms with Crippen molar-refractivity contribution in [2.45, 2.75) is 26.2 Å². The minimum atomic E-state index is 1.14. The quantitative estimate of drug-likeness (QED) is 0.489. The predicted octanol–water partition coefficient (Wildman–Crippen LogP) is 2.14. The van der Waals surface area contributed by atoms with Crippen LogP contribution in [0.25, 0.3) is 0 Å². The molecular formula is C7H11N. The fourth-order valence-corrected chi connectivity index (χ4v) is 0.815. The molecule has 0 amide bonds. The normalized spacial score (nSPS) is 18.4. The van der Waals surface area contributed by atoms with Crippen molar-refractivity contribution >= 4 is 6.21 Å². The van der Waals surface area contributed by atoms with Crippen molar-refractivity contribution in [2.24, 2.45) is 4.99 Å². The SMILES string of the molecule is CCC1=CN=CCC1. The van der Waals surface area contributed by atoms with Crippen molar-refractivity contribution in [3.63, 3.8) is 0 Å². The summed E-state index contributed by atoms with van der Waals surface area (Å²) in [6.45, 7) is 2.17. The van der Waals surface area contributed by atoms with Crippen molar-refractivity contribution in [3.8, 4) is 0 Å². The first-order chi connectivity index (χ1) is 3.93. The van der Waals surface area contributed by atoms with E-state index in [1.807, 2.05) is 12.4 Å². The zero-order chi connectivity index (χ0) is 5.82. The van der Waals surface area contributed by atoms with Gasteiger partial charge in [0.05, 0.1) is 0 Å². The first-order valence-electron chi connectivity index (χ1n) is 3.13. The molecule has 0 fully saturated rings. The summed E-state index contributed by atoms with van der Waals surface area (Å²) >= 11 is 0. The summed E-state index contributed by atoms with van der Waals surface area (Å²) in [7, 11) is 0. The first kappa shape index (κ1) is 5.54. The maximum Gasteiger partial charge on any atom is 0.0255 e. The minimum Gasteiger partial charge on any atom is -0.269 e. The molecule has 8 heavy (non-hydrogen) atoms. The molecule has 0 aromatic heterocycles. The largest absolute Gasteiger partial charge is 0.269 e. The molecule has 0 aromatic carbocycles. The van der Waals surface area contributed by atoms with Crippen molar-refractivity contribution in [3.05, 3.63) is 11.8 Å². The van der Waals surface area contributed by atoms with Crippen molar-refractivity contribution in [1.82, 2.24) is 0 Å². The Morgan fingerprint density at radius 2 is 2.62 bits per heavy atom. The highest BCUT2D eigenvalue weighted by molar-refractivity contribution is 5.60. The van der Waals surface area contributed by atoms with Gasteiger partial charge in [-0.1, -0.05) is 12.5 Å². The third kappa shape index (κ3) is 1.19. The van der Waals surface area contributed by atoms with Gasteiger partial charge in [-0.3, -0.25) is 4.99 Å². The van der Waals surface area contributed by atoms with Gasteiger partial charge < -0.3 is 0 Å². The van der Waals surface area contributed by atoms with E-state index in [0.717, 1.165) is 12.8 Å². The standard InChI is InChI=1S/C7H11N/c1-2-7-4-3-5-8-6-7/h5-6H,2-4H2,1H3. The zero-order valence-corrected chi connectivity index (χ0v) is 5.22. The monoisotopic (exact) mass is 109 g/mol. The molecular weight excluding hydrogens is 98.1 g/mol. The Bertz CT molecular complexity index is 122. The fraction of sp³-hybridized carbons (Fsp3) is 0.571. The van der Waals surface area contributed by atoms with Crippen LogP contribution in [0.15, 0.2) is 16.8 Å². The maximum absolute atomic E-state index is 4.04. The average molecular weight is 109 g/mol. The second-order valence-corrected chi connectivity index (χ2v) is 2.01. The summed E-state index contributed by atoms with van der Waals surface area (Å²) < 4.78 is 0. The highest BCUT2D eigenvalue weighted by Crippen LogP contribution is 2.11. The number of aliphatic imine (C=N–C) groups is 1. The third-order valence-electron chi connectivity index (χ3n) is 1.41. The van der Waals surface area contributed by atoms with Gasteiger partial charge in [0.1, 0.15) is 0 Å². The molecule has 1 rings (SSSR count). The summed E-state index contributed by atoms with van der Waals surface area (Å²) in [6.07, 6.45) is 7.47. The molecule has 0 saturated heterocycles. The van der Waals surface area contributed by atoms with Crippen LogP contribution >= 0.6 is 0 Å². The van der Waals surface area contributed by atoms with Gasteiger partial charge in [-0.25, -0.2) is 0 Å². The predicted molar refractivity (Wildman–Crippen MR) is 36.1 cm³/mol.